The van der Waals surface area contributed by atoms with Crippen molar-refractivity contribution in [1.82, 2.24) is 5.32 Å². The molecule has 1 amide bonds. The molecule has 1 heterocycles. The summed E-state index contributed by atoms with van der Waals surface area (Å²) in [4.78, 5) is 24.2. The van der Waals surface area contributed by atoms with Crippen molar-refractivity contribution in [3.8, 4) is 0 Å². The van der Waals surface area contributed by atoms with Crippen molar-refractivity contribution in [3.63, 3.8) is 0 Å². The van der Waals surface area contributed by atoms with Gasteiger partial charge in [-0.1, -0.05) is 50.1 Å². The molecule has 4 nitrogen and oxygen atoms in total. The number of carbonyl (C=O) groups is 2. The Bertz CT molecular complexity index is 729. The Hall–Kier alpha value is -2.36. The quantitative estimate of drug-likeness (QED) is 0.777. The van der Waals surface area contributed by atoms with Gasteiger partial charge in [-0.15, -0.1) is 0 Å². The molecule has 3 rings (SSSR count). The smallest absolute Gasteiger partial charge is 0.254 e. The molecule has 4 heteroatoms. The molecule has 0 bridgehead atoms. The van der Waals surface area contributed by atoms with Gasteiger partial charge < -0.3 is 9.73 Å². The molecule has 1 fully saturated rings. The predicted molar refractivity (Wildman–Crippen MR) is 92.3 cm³/mol. The van der Waals surface area contributed by atoms with E-state index in [2.05, 4.69) is 5.32 Å². The number of Topliss-reactive ketones (excluding diaryl/α,β-unsaturated/α-hetero) is 1. The summed E-state index contributed by atoms with van der Waals surface area (Å²) in [6.45, 7) is 4.10. The highest BCUT2D eigenvalue weighted by atomic mass is 16.3. The monoisotopic (exact) mass is 325 g/mol. The number of nitrogens with one attached hydrogen (secondary N) is 1. The Kier molecular flexibility index (Phi) is 4.84. The van der Waals surface area contributed by atoms with Crippen molar-refractivity contribution < 1.29 is 14.0 Å². The average molecular weight is 325 g/mol. The van der Waals surface area contributed by atoms with E-state index in [1.54, 1.807) is 6.07 Å². The highest BCUT2D eigenvalue weighted by molar-refractivity contribution is 5.99. The van der Waals surface area contributed by atoms with Gasteiger partial charge in [0.15, 0.2) is 11.5 Å². The van der Waals surface area contributed by atoms with E-state index in [4.69, 9.17) is 4.42 Å². The first-order chi connectivity index (χ1) is 11.6. The van der Waals surface area contributed by atoms with Gasteiger partial charge in [-0.05, 0) is 17.9 Å². The molecule has 0 spiro atoms. The lowest BCUT2D eigenvalue weighted by atomic mass is 9.96. The molecule has 24 heavy (non-hydrogen) atoms. The van der Waals surface area contributed by atoms with Gasteiger partial charge in [0.2, 0.25) is 0 Å². The molecular weight excluding hydrogens is 302 g/mol. The van der Waals surface area contributed by atoms with Crippen molar-refractivity contribution >= 4 is 11.7 Å². The molecule has 0 radical (unpaired) electrons. The van der Waals surface area contributed by atoms with Gasteiger partial charge in [0, 0.05) is 25.5 Å². The van der Waals surface area contributed by atoms with Crippen LogP contribution in [-0.4, -0.2) is 18.2 Å². The molecule has 1 aliphatic rings. The third-order valence-electron chi connectivity index (χ3n) is 4.58. The van der Waals surface area contributed by atoms with Crippen molar-refractivity contribution in [1.29, 1.82) is 0 Å². The van der Waals surface area contributed by atoms with E-state index in [0.29, 0.717) is 17.9 Å². The Labute approximate surface area is 142 Å². The van der Waals surface area contributed by atoms with Gasteiger partial charge >= 0.3 is 0 Å². The van der Waals surface area contributed by atoms with Crippen LogP contribution in [0.25, 0.3) is 0 Å². The Morgan fingerprint density at radius 2 is 1.96 bits per heavy atom. The molecular formula is C20H23NO3. The highest BCUT2D eigenvalue weighted by Gasteiger charge is 2.25. The van der Waals surface area contributed by atoms with Gasteiger partial charge in [0.1, 0.15) is 5.76 Å². The zero-order chi connectivity index (χ0) is 17.1. The summed E-state index contributed by atoms with van der Waals surface area (Å²) < 4.78 is 5.74. The molecule has 1 aromatic carbocycles. The highest BCUT2D eigenvalue weighted by Crippen LogP contribution is 2.32. The van der Waals surface area contributed by atoms with Crippen LogP contribution in [0.15, 0.2) is 40.8 Å². The first kappa shape index (κ1) is 16.5. The van der Waals surface area contributed by atoms with Crippen LogP contribution in [0.1, 0.15) is 71.3 Å². The summed E-state index contributed by atoms with van der Waals surface area (Å²) in [6.07, 6.45) is 3.56. The van der Waals surface area contributed by atoms with Crippen LogP contribution in [0.2, 0.25) is 0 Å². The van der Waals surface area contributed by atoms with E-state index >= 15 is 0 Å². The second kappa shape index (κ2) is 7.04. The van der Waals surface area contributed by atoms with Crippen LogP contribution in [0, 0.1) is 5.92 Å². The maximum absolute atomic E-state index is 12.6. The molecule has 126 valence electrons. The normalized spacial score (nSPS) is 15.1. The van der Waals surface area contributed by atoms with E-state index in [0.717, 1.165) is 17.9 Å². The lowest BCUT2D eigenvalue weighted by molar-refractivity contribution is 0.0947. The Morgan fingerprint density at radius 3 is 2.58 bits per heavy atom. The SMILES string of the molecule is CC(=O)c1cc(C(=O)NCCC2CC2)c([C@@H](C)c2ccccc2)o1. The predicted octanol–water partition coefficient (Wildman–Crippen LogP) is 4.16. The van der Waals surface area contributed by atoms with E-state index in [1.165, 1.54) is 19.8 Å². The second-order valence-electron chi connectivity index (χ2n) is 6.57. The third kappa shape index (κ3) is 3.75. The minimum Gasteiger partial charge on any atom is -0.456 e. The molecule has 2 aromatic rings. The number of furan rings is 1. The number of ketones is 1. The van der Waals surface area contributed by atoms with Gasteiger partial charge in [0.25, 0.3) is 5.91 Å². The molecule has 0 aliphatic heterocycles. The van der Waals surface area contributed by atoms with Crippen LogP contribution < -0.4 is 5.32 Å². The summed E-state index contributed by atoms with van der Waals surface area (Å²) in [6, 6.07) is 11.4. The summed E-state index contributed by atoms with van der Waals surface area (Å²) >= 11 is 0. The molecule has 0 unspecified atom stereocenters. The van der Waals surface area contributed by atoms with Crippen LogP contribution in [-0.2, 0) is 0 Å². The first-order valence-corrected chi connectivity index (χ1v) is 8.54. The lowest BCUT2D eigenvalue weighted by Gasteiger charge is -2.12. The average Bonchev–Trinajstić information content (AvgIpc) is 3.29. The van der Waals surface area contributed by atoms with E-state index < -0.39 is 0 Å². The van der Waals surface area contributed by atoms with Crippen LogP contribution >= 0.6 is 0 Å². The molecule has 1 aromatic heterocycles. The number of rotatable bonds is 7. The zero-order valence-electron chi connectivity index (χ0n) is 14.2. The van der Waals surface area contributed by atoms with E-state index in [1.807, 2.05) is 37.3 Å². The van der Waals surface area contributed by atoms with Crippen LogP contribution in [0.3, 0.4) is 0 Å². The lowest BCUT2D eigenvalue weighted by Crippen LogP contribution is -2.25. The standard InChI is InChI=1S/C20H23NO3/c1-13(16-6-4-3-5-7-16)19-17(12-18(24-19)14(2)22)20(23)21-11-10-15-8-9-15/h3-7,12-13,15H,8-11H2,1-2H3,(H,21,23)/t13-/m0/s1. The number of carbonyl (C=O) groups excluding carboxylic acids is 2. The van der Waals surface area contributed by atoms with Crippen molar-refractivity contribution in [3.05, 3.63) is 59.0 Å². The minimum absolute atomic E-state index is 0.0940. The fraction of sp³-hybridized carbons (Fsp3) is 0.400. The van der Waals surface area contributed by atoms with Crippen molar-refractivity contribution in [2.45, 2.75) is 39.0 Å². The minimum atomic E-state index is -0.173. The fourth-order valence-corrected chi connectivity index (χ4v) is 2.86. The zero-order valence-corrected chi connectivity index (χ0v) is 14.2. The largest absolute Gasteiger partial charge is 0.456 e. The topological polar surface area (TPSA) is 59.3 Å². The first-order valence-electron chi connectivity index (χ1n) is 8.54. The van der Waals surface area contributed by atoms with Crippen LogP contribution in [0.4, 0.5) is 0 Å². The summed E-state index contributed by atoms with van der Waals surface area (Å²) in [5, 5.41) is 2.96. The maximum Gasteiger partial charge on any atom is 0.254 e. The fourth-order valence-electron chi connectivity index (χ4n) is 2.86. The summed E-state index contributed by atoms with van der Waals surface area (Å²) in [7, 11) is 0. The summed E-state index contributed by atoms with van der Waals surface area (Å²) in [5.74, 6) is 1.13. The van der Waals surface area contributed by atoms with E-state index in [9.17, 15) is 9.59 Å². The molecule has 1 aliphatic carbocycles. The number of amides is 1. The van der Waals surface area contributed by atoms with Gasteiger partial charge in [0.05, 0.1) is 5.56 Å². The van der Waals surface area contributed by atoms with Crippen molar-refractivity contribution in [2.75, 3.05) is 6.54 Å². The number of benzene rings is 1. The third-order valence-corrected chi connectivity index (χ3v) is 4.58. The number of hydrogen-bond acceptors (Lipinski definition) is 3. The summed E-state index contributed by atoms with van der Waals surface area (Å²) in [5.41, 5.74) is 1.52. The van der Waals surface area contributed by atoms with Crippen LogP contribution in [0.5, 0.6) is 0 Å². The van der Waals surface area contributed by atoms with Gasteiger partial charge in [-0.25, -0.2) is 0 Å². The molecule has 1 saturated carbocycles. The molecule has 1 atom stereocenters. The van der Waals surface area contributed by atoms with Gasteiger partial charge in [-0.3, -0.25) is 9.59 Å². The maximum atomic E-state index is 12.6. The number of hydrogen-bond donors (Lipinski definition) is 1. The van der Waals surface area contributed by atoms with E-state index in [-0.39, 0.29) is 23.4 Å². The van der Waals surface area contributed by atoms with Gasteiger partial charge in [-0.2, -0.15) is 0 Å². The van der Waals surface area contributed by atoms with Crippen molar-refractivity contribution in [2.24, 2.45) is 5.92 Å². The molecule has 0 saturated heterocycles. The molecule has 1 N–H and O–H groups in total. The Balaban J connectivity index is 1.83. The Morgan fingerprint density at radius 1 is 1.25 bits per heavy atom. The second-order valence-corrected chi connectivity index (χ2v) is 6.57.